The molecule has 2 N–H and O–H groups in total. The molecule has 4 nitrogen and oxygen atoms in total. The Morgan fingerprint density at radius 2 is 2.14 bits per heavy atom. The number of halogens is 1. The molecule has 3 rings (SSSR count). The van der Waals surface area contributed by atoms with Crippen LogP contribution in [0.5, 0.6) is 5.75 Å². The highest BCUT2D eigenvalue weighted by molar-refractivity contribution is 9.10. The van der Waals surface area contributed by atoms with Gasteiger partial charge in [-0.3, -0.25) is 4.79 Å². The molecule has 1 saturated heterocycles. The minimum Gasteiger partial charge on any atom is -0.493 e. The number of amides is 1. The summed E-state index contributed by atoms with van der Waals surface area (Å²) in [6, 6.07) is 6.06. The quantitative estimate of drug-likeness (QED) is 0.860. The Bertz CT molecular complexity index is 529. The van der Waals surface area contributed by atoms with E-state index in [-0.39, 0.29) is 11.9 Å². The lowest BCUT2D eigenvalue weighted by Gasteiger charge is -2.27. The van der Waals surface area contributed by atoms with Gasteiger partial charge in [0, 0.05) is 22.9 Å². The van der Waals surface area contributed by atoms with Crippen LogP contribution < -0.4 is 15.4 Å². The highest BCUT2D eigenvalue weighted by atomic mass is 79.9. The first-order valence-electron chi connectivity index (χ1n) is 8.14. The van der Waals surface area contributed by atoms with Gasteiger partial charge in [-0.1, -0.05) is 15.9 Å². The zero-order valence-electron chi connectivity index (χ0n) is 12.7. The molecular weight excluding hydrogens is 344 g/mol. The van der Waals surface area contributed by atoms with Crippen molar-refractivity contribution in [2.75, 3.05) is 19.7 Å². The van der Waals surface area contributed by atoms with Crippen molar-refractivity contribution >= 4 is 21.8 Å². The van der Waals surface area contributed by atoms with Gasteiger partial charge >= 0.3 is 0 Å². The zero-order chi connectivity index (χ0) is 15.4. The van der Waals surface area contributed by atoms with E-state index in [1.54, 1.807) is 0 Å². The minimum atomic E-state index is 0.0711. The third-order valence-electron chi connectivity index (χ3n) is 4.58. The number of carbonyl (C=O) groups is 1. The van der Waals surface area contributed by atoms with Crippen LogP contribution in [0, 0.1) is 5.92 Å². The van der Waals surface area contributed by atoms with Crippen molar-refractivity contribution in [1.29, 1.82) is 0 Å². The summed E-state index contributed by atoms with van der Waals surface area (Å²) in [6.45, 7) is 2.84. The summed E-state index contributed by atoms with van der Waals surface area (Å²) in [5.41, 5.74) is 1.08. The number of ether oxygens (including phenoxy) is 1. The second-order valence-electron chi connectivity index (χ2n) is 6.17. The Hall–Kier alpha value is -1.07. The first-order valence-corrected chi connectivity index (χ1v) is 8.94. The Balaban J connectivity index is 1.54. The molecule has 2 heterocycles. The van der Waals surface area contributed by atoms with E-state index < -0.39 is 0 Å². The van der Waals surface area contributed by atoms with E-state index in [9.17, 15) is 4.79 Å². The number of rotatable bonds is 4. The van der Waals surface area contributed by atoms with Crippen molar-refractivity contribution in [2.45, 2.75) is 38.1 Å². The van der Waals surface area contributed by atoms with Crippen LogP contribution in [0.15, 0.2) is 22.7 Å². The molecule has 0 radical (unpaired) electrons. The third-order valence-corrected chi connectivity index (χ3v) is 5.08. The Morgan fingerprint density at radius 1 is 1.32 bits per heavy atom. The molecule has 0 spiro atoms. The third kappa shape index (κ3) is 4.02. The van der Waals surface area contributed by atoms with Crippen molar-refractivity contribution in [3.63, 3.8) is 0 Å². The molecule has 1 fully saturated rings. The van der Waals surface area contributed by atoms with Crippen LogP contribution in [0.1, 0.15) is 43.7 Å². The van der Waals surface area contributed by atoms with Crippen LogP contribution in [-0.4, -0.2) is 25.6 Å². The number of hydrogen-bond acceptors (Lipinski definition) is 3. The highest BCUT2D eigenvalue weighted by Gasteiger charge is 2.23. The monoisotopic (exact) mass is 366 g/mol. The van der Waals surface area contributed by atoms with Crippen molar-refractivity contribution in [2.24, 2.45) is 5.92 Å². The van der Waals surface area contributed by atoms with Crippen molar-refractivity contribution in [3.05, 3.63) is 28.2 Å². The molecular formula is C17H23BrN2O2. The Morgan fingerprint density at radius 3 is 2.95 bits per heavy atom. The lowest BCUT2D eigenvalue weighted by atomic mass is 9.93. The lowest BCUT2D eigenvalue weighted by Crippen LogP contribution is -2.33. The standard InChI is InChI=1S/C17H23BrN2O2/c18-13-2-3-16-14(11-13)15(7-10-22-16)20-17(21)4-1-12-5-8-19-9-6-12/h2-3,11-12,15,19H,1,4-10H2,(H,20,21). The van der Waals surface area contributed by atoms with Crippen LogP contribution in [-0.2, 0) is 4.79 Å². The van der Waals surface area contributed by atoms with E-state index in [2.05, 4.69) is 26.6 Å². The number of hydrogen-bond donors (Lipinski definition) is 2. The number of fused-ring (bicyclic) bond motifs is 1. The molecule has 120 valence electrons. The summed E-state index contributed by atoms with van der Waals surface area (Å²) < 4.78 is 6.69. The van der Waals surface area contributed by atoms with Gasteiger partial charge in [-0.2, -0.15) is 0 Å². The summed E-state index contributed by atoms with van der Waals surface area (Å²) >= 11 is 3.49. The molecule has 1 aromatic carbocycles. The topological polar surface area (TPSA) is 50.4 Å². The molecule has 1 amide bonds. The normalized spacial score (nSPS) is 21.8. The smallest absolute Gasteiger partial charge is 0.220 e. The number of benzene rings is 1. The molecule has 2 aliphatic rings. The van der Waals surface area contributed by atoms with Crippen molar-refractivity contribution in [3.8, 4) is 5.75 Å². The Kier molecular flexibility index (Phi) is 5.37. The molecule has 0 aliphatic carbocycles. The zero-order valence-corrected chi connectivity index (χ0v) is 14.3. The van der Waals surface area contributed by atoms with E-state index in [1.807, 2.05) is 18.2 Å². The molecule has 0 saturated carbocycles. The molecule has 22 heavy (non-hydrogen) atoms. The van der Waals surface area contributed by atoms with Gasteiger partial charge in [-0.25, -0.2) is 0 Å². The predicted molar refractivity (Wildman–Crippen MR) is 90.0 cm³/mol. The van der Waals surface area contributed by atoms with Gasteiger partial charge in [0.25, 0.3) is 0 Å². The predicted octanol–water partition coefficient (Wildman–Crippen LogP) is 3.17. The van der Waals surface area contributed by atoms with Gasteiger partial charge in [0.05, 0.1) is 12.6 Å². The molecule has 2 aliphatic heterocycles. The van der Waals surface area contributed by atoms with Crippen molar-refractivity contribution < 1.29 is 9.53 Å². The minimum absolute atomic E-state index is 0.0711. The highest BCUT2D eigenvalue weighted by Crippen LogP contribution is 2.34. The molecule has 0 aromatic heterocycles. The fraction of sp³-hybridized carbons (Fsp3) is 0.588. The summed E-state index contributed by atoms with van der Waals surface area (Å²) in [5.74, 6) is 1.75. The van der Waals surface area contributed by atoms with Gasteiger partial charge < -0.3 is 15.4 Å². The first-order chi connectivity index (χ1) is 10.7. The average molecular weight is 367 g/mol. The van der Waals surface area contributed by atoms with Gasteiger partial charge in [0.1, 0.15) is 5.75 Å². The fourth-order valence-electron chi connectivity index (χ4n) is 3.29. The SMILES string of the molecule is O=C(CCC1CCNCC1)NC1CCOc2ccc(Br)cc21. The largest absolute Gasteiger partial charge is 0.493 e. The van der Waals surface area contributed by atoms with Crippen molar-refractivity contribution in [1.82, 2.24) is 10.6 Å². The second kappa shape index (κ2) is 7.47. The van der Waals surface area contributed by atoms with Crippen LogP contribution in [0.2, 0.25) is 0 Å². The maximum atomic E-state index is 12.3. The van der Waals surface area contributed by atoms with E-state index >= 15 is 0 Å². The Labute approximate surface area is 140 Å². The summed E-state index contributed by atoms with van der Waals surface area (Å²) in [6.07, 6.45) is 4.86. The number of carbonyl (C=O) groups excluding carboxylic acids is 1. The van der Waals surface area contributed by atoms with E-state index in [0.717, 1.165) is 41.7 Å². The van der Waals surface area contributed by atoms with Gasteiger partial charge in [0.15, 0.2) is 0 Å². The summed E-state index contributed by atoms with van der Waals surface area (Å²) in [4.78, 5) is 12.3. The number of piperidine rings is 1. The maximum absolute atomic E-state index is 12.3. The molecule has 1 atom stereocenters. The van der Waals surface area contributed by atoms with Gasteiger partial charge in [0.2, 0.25) is 5.91 Å². The molecule has 0 bridgehead atoms. The van der Waals surface area contributed by atoms with Crippen LogP contribution in [0.4, 0.5) is 0 Å². The first kappa shape index (κ1) is 15.8. The maximum Gasteiger partial charge on any atom is 0.220 e. The van der Waals surface area contributed by atoms with E-state index in [0.29, 0.717) is 18.9 Å². The van der Waals surface area contributed by atoms with Crippen LogP contribution in [0.25, 0.3) is 0 Å². The molecule has 5 heteroatoms. The average Bonchev–Trinajstić information content (AvgIpc) is 2.54. The fourth-order valence-corrected chi connectivity index (χ4v) is 3.67. The second-order valence-corrected chi connectivity index (χ2v) is 7.09. The van der Waals surface area contributed by atoms with Gasteiger partial charge in [-0.05, 0) is 56.5 Å². The van der Waals surface area contributed by atoms with E-state index in [4.69, 9.17) is 4.74 Å². The lowest BCUT2D eigenvalue weighted by molar-refractivity contribution is -0.122. The number of nitrogens with one attached hydrogen (secondary N) is 2. The summed E-state index contributed by atoms with van der Waals surface area (Å²) in [5, 5.41) is 6.55. The summed E-state index contributed by atoms with van der Waals surface area (Å²) in [7, 11) is 0. The van der Waals surface area contributed by atoms with Crippen LogP contribution in [0.3, 0.4) is 0 Å². The van der Waals surface area contributed by atoms with Crippen LogP contribution >= 0.6 is 15.9 Å². The molecule has 1 unspecified atom stereocenters. The van der Waals surface area contributed by atoms with Gasteiger partial charge in [-0.15, -0.1) is 0 Å². The molecule has 1 aromatic rings. The van der Waals surface area contributed by atoms with E-state index in [1.165, 1.54) is 12.8 Å².